The molecule has 0 spiro atoms. The van der Waals surface area contributed by atoms with Gasteiger partial charge in [-0.1, -0.05) is 24.6 Å². The Labute approximate surface area is 186 Å². The fourth-order valence-corrected chi connectivity index (χ4v) is 4.85. The molecule has 1 atom stereocenters. The van der Waals surface area contributed by atoms with Crippen molar-refractivity contribution in [1.82, 2.24) is 0 Å². The number of nitrogens with zero attached hydrogens (tertiary/aromatic N) is 2. The molecule has 1 aliphatic heterocycles. The van der Waals surface area contributed by atoms with Gasteiger partial charge in [-0.15, -0.1) is 0 Å². The molecule has 1 amide bonds. The fraction of sp³-hybridized carbons (Fsp3) is 0.407. The minimum atomic E-state index is -0.379. The quantitative estimate of drug-likeness (QED) is 0.473. The van der Waals surface area contributed by atoms with E-state index in [0.717, 1.165) is 40.9 Å². The van der Waals surface area contributed by atoms with Gasteiger partial charge in [0.05, 0.1) is 0 Å². The highest BCUT2D eigenvalue weighted by Crippen LogP contribution is 2.44. The summed E-state index contributed by atoms with van der Waals surface area (Å²) in [5.41, 5.74) is 7.59. The lowest BCUT2D eigenvalue weighted by Gasteiger charge is -2.47. The van der Waals surface area contributed by atoms with Crippen LogP contribution in [0.4, 0.5) is 11.4 Å². The Kier molecular flexibility index (Phi) is 6.27. The van der Waals surface area contributed by atoms with Crippen molar-refractivity contribution in [2.75, 3.05) is 16.8 Å². The van der Waals surface area contributed by atoms with E-state index < -0.39 is 0 Å². The minimum Gasteiger partial charge on any atom is -0.366 e. The first-order valence-corrected chi connectivity index (χ1v) is 11.0. The number of fused-ring (bicyclic) bond motifs is 1. The Balaban J connectivity index is 1.97. The number of carbonyl (C=O) groups is 1. The Hall–Kier alpha value is -3.06. The zero-order chi connectivity index (χ0) is 22.9. The molecule has 1 aliphatic rings. The van der Waals surface area contributed by atoms with Gasteiger partial charge in [-0.25, -0.2) is 0 Å². The molecule has 1 unspecified atom stereocenters. The van der Waals surface area contributed by atoms with Gasteiger partial charge >= 0.3 is 0 Å². The van der Waals surface area contributed by atoms with Gasteiger partial charge < -0.3 is 10.2 Å². The summed E-state index contributed by atoms with van der Waals surface area (Å²) in [6.07, 6.45) is 2.79. The average Bonchev–Trinajstić information content (AvgIpc) is 2.68. The van der Waals surface area contributed by atoms with E-state index in [1.807, 2.05) is 39.0 Å². The first kappa shape index (κ1) is 22.6. The standard InChI is InChI=1S/C27H33N3O/c1-8-30-25-12-18(3)21(14-23(25)20(5)15-27(30,6)7)13-22(16-28)26(31)29-24-10-9-17(2)11-19(24)4/h9-14,20H,8,15H2,1-7H3,(H,29,31)/b22-13-. The molecule has 2 aromatic rings. The third-order valence-corrected chi connectivity index (χ3v) is 6.38. The number of nitrogens with one attached hydrogen (secondary N) is 1. The first-order valence-electron chi connectivity index (χ1n) is 11.0. The first-order chi connectivity index (χ1) is 14.6. The molecule has 1 N–H and O–H groups in total. The molecule has 1 heterocycles. The van der Waals surface area contributed by atoms with Crippen LogP contribution in [0.1, 0.15) is 67.9 Å². The number of rotatable bonds is 4. The molecular formula is C27H33N3O. The summed E-state index contributed by atoms with van der Waals surface area (Å²) < 4.78 is 0. The molecule has 0 aromatic heterocycles. The molecule has 4 nitrogen and oxygen atoms in total. The molecule has 0 bridgehead atoms. The lowest BCUT2D eigenvalue weighted by atomic mass is 9.79. The van der Waals surface area contributed by atoms with E-state index in [0.29, 0.717) is 5.92 Å². The SMILES string of the molecule is CCN1c2cc(C)c(/C=C(/C#N)C(=O)Nc3ccc(C)cc3C)cc2C(C)CC1(C)C. The summed E-state index contributed by atoms with van der Waals surface area (Å²) in [5, 5.41) is 12.6. The number of benzene rings is 2. The van der Waals surface area contributed by atoms with Crippen LogP contribution in [-0.2, 0) is 4.79 Å². The molecule has 3 rings (SSSR count). The van der Waals surface area contributed by atoms with E-state index in [1.165, 1.54) is 11.3 Å². The van der Waals surface area contributed by atoms with Crippen LogP contribution in [0.5, 0.6) is 0 Å². The van der Waals surface area contributed by atoms with Crippen molar-refractivity contribution in [3.8, 4) is 6.07 Å². The highest BCUT2D eigenvalue weighted by Gasteiger charge is 2.35. The summed E-state index contributed by atoms with van der Waals surface area (Å²) >= 11 is 0. The molecular weight excluding hydrogens is 382 g/mol. The highest BCUT2D eigenvalue weighted by atomic mass is 16.1. The van der Waals surface area contributed by atoms with Gasteiger partial charge in [0.15, 0.2) is 0 Å². The summed E-state index contributed by atoms with van der Waals surface area (Å²) in [6.45, 7) is 16.0. The van der Waals surface area contributed by atoms with E-state index in [4.69, 9.17) is 0 Å². The predicted octanol–water partition coefficient (Wildman–Crippen LogP) is 6.27. The lowest BCUT2D eigenvalue weighted by Crippen LogP contribution is -2.48. The van der Waals surface area contributed by atoms with Crippen molar-refractivity contribution in [1.29, 1.82) is 5.26 Å². The Morgan fingerprint density at radius 1 is 1.23 bits per heavy atom. The van der Waals surface area contributed by atoms with Crippen molar-refractivity contribution in [2.24, 2.45) is 0 Å². The monoisotopic (exact) mass is 415 g/mol. The van der Waals surface area contributed by atoms with E-state index >= 15 is 0 Å². The fourth-order valence-electron chi connectivity index (χ4n) is 4.85. The normalized spacial score (nSPS) is 17.7. The molecule has 0 radical (unpaired) electrons. The average molecular weight is 416 g/mol. The number of carbonyl (C=O) groups excluding carboxylic acids is 1. The summed E-state index contributed by atoms with van der Waals surface area (Å²) in [5.74, 6) is 0.0334. The number of hydrogen-bond donors (Lipinski definition) is 1. The third kappa shape index (κ3) is 4.51. The summed E-state index contributed by atoms with van der Waals surface area (Å²) in [7, 11) is 0. The second kappa shape index (κ2) is 8.59. The van der Waals surface area contributed by atoms with Crippen molar-refractivity contribution in [2.45, 2.75) is 66.3 Å². The zero-order valence-corrected chi connectivity index (χ0v) is 19.8. The largest absolute Gasteiger partial charge is 0.366 e. The topological polar surface area (TPSA) is 56.1 Å². The summed E-state index contributed by atoms with van der Waals surface area (Å²) in [4.78, 5) is 15.3. The molecule has 0 fully saturated rings. The second-order valence-corrected chi connectivity index (χ2v) is 9.37. The molecule has 162 valence electrons. The number of aryl methyl sites for hydroxylation is 3. The van der Waals surface area contributed by atoms with Crippen molar-refractivity contribution < 1.29 is 4.79 Å². The summed E-state index contributed by atoms with van der Waals surface area (Å²) in [6, 6.07) is 12.3. The van der Waals surface area contributed by atoms with Crippen LogP contribution in [0, 0.1) is 32.1 Å². The maximum atomic E-state index is 12.8. The molecule has 0 saturated carbocycles. The van der Waals surface area contributed by atoms with Crippen LogP contribution in [0.3, 0.4) is 0 Å². The Morgan fingerprint density at radius 2 is 1.94 bits per heavy atom. The number of anilines is 2. The minimum absolute atomic E-state index is 0.106. The molecule has 0 saturated heterocycles. The van der Waals surface area contributed by atoms with Crippen LogP contribution in [0.15, 0.2) is 35.9 Å². The van der Waals surface area contributed by atoms with Crippen molar-refractivity contribution >= 4 is 23.4 Å². The lowest BCUT2D eigenvalue weighted by molar-refractivity contribution is -0.112. The predicted molar refractivity (Wildman–Crippen MR) is 129 cm³/mol. The smallest absolute Gasteiger partial charge is 0.266 e. The Bertz CT molecular complexity index is 1090. The maximum Gasteiger partial charge on any atom is 0.266 e. The molecule has 31 heavy (non-hydrogen) atoms. The van der Waals surface area contributed by atoms with E-state index in [-0.39, 0.29) is 17.0 Å². The highest BCUT2D eigenvalue weighted by molar-refractivity contribution is 6.10. The molecule has 0 aliphatic carbocycles. The van der Waals surface area contributed by atoms with Gasteiger partial charge in [0.2, 0.25) is 0 Å². The number of amides is 1. The van der Waals surface area contributed by atoms with E-state index in [1.54, 1.807) is 6.08 Å². The van der Waals surface area contributed by atoms with Crippen molar-refractivity contribution in [3.05, 3.63) is 63.7 Å². The Morgan fingerprint density at radius 3 is 2.55 bits per heavy atom. The van der Waals surface area contributed by atoms with Crippen LogP contribution < -0.4 is 10.2 Å². The molecule has 4 heteroatoms. The molecule has 2 aromatic carbocycles. The van der Waals surface area contributed by atoms with E-state index in [9.17, 15) is 10.1 Å². The number of nitriles is 1. The maximum absolute atomic E-state index is 12.8. The number of hydrogen-bond acceptors (Lipinski definition) is 3. The second-order valence-electron chi connectivity index (χ2n) is 9.37. The van der Waals surface area contributed by atoms with Gasteiger partial charge in [-0.3, -0.25) is 4.79 Å². The van der Waals surface area contributed by atoms with E-state index in [2.05, 4.69) is 56.1 Å². The van der Waals surface area contributed by atoms with Gasteiger partial charge in [0.1, 0.15) is 11.6 Å². The van der Waals surface area contributed by atoms with Gasteiger partial charge in [0.25, 0.3) is 5.91 Å². The third-order valence-electron chi connectivity index (χ3n) is 6.38. The van der Waals surface area contributed by atoms with Crippen molar-refractivity contribution in [3.63, 3.8) is 0 Å². The van der Waals surface area contributed by atoms with Crippen LogP contribution in [0.2, 0.25) is 0 Å². The van der Waals surface area contributed by atoms with Crippen LogP contribution in [0.25, 0.3) is 6.08 Å². The van der Waals surface area contributed by atoms with Gasteiger partial charge in [0, 0.05) is 23.5 Å². The van der Waals surface area contributed by atoms with Gasteiger partial charge in [-0.05, 0) is 100 Å². The zero-order valence-electron chi connectivity index (χ0n) is 19.8. The van der Waals surface area contributed by atoms with Gasteiger partial charge in [-0.2, -0.15) is 5.26 Å². The van der Waals surface area contributed by atoms with Crippen LogP contribution in [-0.4, -0.2) is 18.0 Å². The van der Waals surface area contributed by atoms with Crippen LogP contribution >= 0.6 is 0 Å².